The number of sulfone groups is 1. The van der Waals surface area contributed by atoms with Gasteiger partial charge in [-0.1, -0.05) is 0 Å². The lowest BCUT2D eigenvalue weighted by molar-refractivity contribution is 0.108. The molecule has 0 spiro atoms. The summed E-state index contributed by atoms with van der Waals surface area (Å²) in [6, 6.07) is 2.85. The Morgan fingerprint density at radius 3 is 2.52 bits per heavy atom. The van der Waals surface area contributed by atoms with Gasteiger partial charge in [0.1, 0.15) is 0 Å². The van der Waals surface area contributed by atoms with Gasteiger partial charge in [-0.15, -0.1) is 0 Å². The molecule has 1 aromatic heterocycles. The minimum Gasteiger partial charge on any atom is -0.324 e. The van der Waals surface area contributed by atoms with Gasteiger partial charge in [0, 0.05) is 31.3 Å². The van der Waals surface area contributed by atoms with E-state index in [9.17, 15) is 13.2 Å². The first-order chi connectivity index (χ1) is 9.70. The average Bonchev–Trinajstić information content (AvgIpc) is 2.73. The number of aryl methyl sites for hydroxylation is 2. The van der Waals surface area contributed by atoms with E-state index in [4.69, 9.17) is 11.6 Å². The van der Waals surface area contributed by atoms with Crippen molar-refractivity contribution in [3.05, 3.63) is 35.7 Å². The van der Waals surface area contributed by atoms with Crippen LogP contribution >= 0.6 is 11.6 Å². The van der Waals surface area contributed by atoms with E-state index in [2.05, 4.69) is 10.3 Å². The Morgan fingerprint density at radius 2 is 2.05 bits per heavy atom. The zero-order chi connectivity index (χ0) is 15.8. The zero-order valence-corrected chi connectivity index (χ0v) is 13.3. The molecule has 1 aromatic carbocycles. The van der Waals surface area contributed by atoms with E-state index < -0.39 is 15.1 Å². The fraction of sp³-hybridized carbons (Fsp3) is 0.231. The van der Waals surface area contributed by atoms with Crippen molar-refractivity contribution in [3.8, 4) is 0 Å². The molecule has 0 saturated heterocycles. The van der Waals surface area contributed by atoms with E-state index in [1.807, 2.05) is 0 Å². The molecule has 0 aliphatic rings. The van der Waals surface area contributed by atoms with Gasteiger partial charge in [-0.05, 0) is 36.2 Å². The second kappa shape index (κ2) is 5.50. The topological polar surface area (TPSA) is 81.1 Å². The summed E-state index contributed by atoms with van der Waals surface area (Å²) in [5, 5.41) is 2.26. The minimum atomic E-state index is -3.53. The molecule has 112 valence electrons. The van der Waals surface area contributed by atoms with Crippen LogP contribution in [0.2, 0.25) is 0 Å². The predicted octanol–water partition coefficient (Wildman–Crippen LogP) is 2.25. The summed E-state index contributed by atoms with van der Waals surface area (Å²) in [4.78, 5) is 15.4. The SMILES string of the molecule is Cc1cc(Nc2nccn2C)c(S(C)(=O)=O)cc1C(=O)Cl. The standard InChI is InChI=1S/C13H14ClN3O3S/c1-8-6-10(16-13-15-4-5-17(13)2)11(21(3,19)20)7-9(8)12(14)18/h4-7H,1-3H3,(H,15,16). The zero-order valence-electron chi connectivity index (χ0n) is 11.7. The van der Waals surface area contributed by atoms with E-state index in [1.54, 1.807) is 37.0 Å². The maximum Gasteiger partial charge on any atom is 0.252 e. The molecule has 21 heavy (non-hydrogen) atoms. The molecular weight excluding hydrogens is 314 g/mol. The van der Waals surface area contributed by atoms with E-state index in [0.717, 1.165) is 6.26 Å². The second-order valence-electron chi connectivity index (χ2n) is 4.70. The van der Waals surface area contributed by atoms with E-state index in [0.29, 0.717) is 17.2 Å². The van der Waals surface area contributed by atoms with Gasteiger partial charge in [0.25, 0.3) is 5.24 Å². The first kappa shape index (κ1) is 15.5. The fourth-order valence-corrected chi connectivity index (χ4v) is 2.96. The lowest BCUT2D eigenvalue weighted by atomic mass is 10.1. The molecule has 1 N–H and O–H groups in total. The van der Waals surface area contributed by atoms with Gasteiger partial charge in [-0.3, -0.25) is 4.79 Å². The highest BCUT2D eigenvalue weighted by Gasteiger charge is 2.19. The fourth-order valence-electron chi connectivity index (χ4n) is 1.91. The van der Waals surface area contributed by atoms with Gasteiger partial charge in [0.05, 0.1) is 10.6 Å². The first-order valence-corrected chi connectivity index (χ1v) is 8.26. The third-order valence-electron chi connectivity index (χ3n) is 3.01. The maximum absolute atomic E-state index is 11.9. The highest BCUT2D eigenvalue weighted by Crippen LogP contribution is 2.28. The molecule has 1 heterocycles. The lowest BCUT2D eigenvalue weighted by Crippen LogP contribution is -2.08. The van der Waals surface area contributed by atoms with Crippen LogP contribution in [0.15, 0.2) is 29.4 Å². The molecule has 0 radical (unpaired) electrons. The number of hydrogen-bond acceptors (Lipinski definition) is 5. The summed E-state index contributed by atoms with van der Waals surface area (Å²) in [5.74, 6) is 0.490. The van der Waals surface area contributed by atoms with Crippen molar-refractivity contribution in [2.75, 3.05) is 11.6 Å². The van der Waals surface area contributed by atoms with Crippen LogP contribution in [0, 0.1) is 6.92 Å². The Morgan fingerprint density at radius 1 is 1.38 bits per heavy atom. The molecule has 0 fully saturated rings. The molecule has 6 nitrogen and oxygen atoms in total. The van der Waals surface area contributed by atoms with Crippen molar-refractivity contribution >= 4 is 38.3 Å². The summed E-state index contributed by atoms with van der Waals surface area (Å²) < 4.78 is 25.6. The summed E-state index contributed by atoms with van der Waals surface area (Å²) in [7, 11) is -1.76. The van der Waals surface area contributed by atoms with Crippen LogP contribution in [0.4, 0.5) is 11.6 Å². The van der Waals surface area contributed by atoms with Crippen molar-refractivity contribution in [1.82, 2.24) is 9.55 Å². The number of hydrogen-bond donors (Lipinski definition) is 1. The average molecular weight is 328 g/mol. The predicted molar refractivity (Wildman–Crippen MR) is 81.0 cm³/mol. The molecular formula is C13H14ClN3O3S. The van der Waals surface area contributed by atoms with Crippen LogP contribution < -0.4 is 5.32 Å². The number of nitrogens with zero attached hydrogens (tertiary/aromatic N) is 2. The van der Waals surface area contributed by atoms with E-state index in [1.165, 1.54) is 6.07 Å². The van der Waals surface area contributed by atoms with Crippen LogP contribution in [-0.4, -0.2) is 29.5 Å². The van der Waals surface area contributed by atoms with Crippen LogP contribution in [-0.2, 0) is 16.9 Å². The van der Waals surface area contributed by atoms with Crippen molar-refractivity contribution in [2.24, 2.45) is 7.05 Å². The Labute approximate surface area is 127 Å². The molecule has 0 aliphatic carbocycles. The summed E-state index contributed by atoms with van der Waals surface area (Å²) >= 11 is 5.48. The van der Waals surface area contributed by atoms with E-state index >= 15 is 0 Å². The van der Waals surface area contributed by atoms with Crippen molar-refractivity contribution in [2.45, 2.75) is 11.8 Å². The summed E-state index contributed by atoms with van der Waals surface area (Å²) in [5.41, 5.74) is 1.10. The quantitative estimate of drug-likeness (QED) is 0.871. The van der Waals surface area contributed by atoms with Gasteiger partial charge in [-0.25, -0.2) is 13.4 Å². The van der Waals surface area contributed by atoms with Crippen LogP contribution in [0.3, 0.4) is 0 Å². The smallest absolute Gasteiger partial charge is 0.252 e. The molecule has 2 rings (SSSR count). The summed E-state index contributed by atoms with van der Waals surface area (Å²) in [6.45, 7) is 1.69. The highest BCUT2D eigenvalue weighted by atomic mass is 35.5. The van der Waals surface area contributed by atoms with Gasteiger partial charge >= 0.3 is 0 Å². The third-order valence-corrected chi connectivity index (χ3v) is 4.35. The molecule has 8 heteroatoms. The maximum atomic E-state index is 11.9. The number of anilines is 2. The normalized spacial score (nSPS) is 11.4. The van der Waals surface area contributed by atoms with Gasteiger partial charge < -0.3 is 9.88 Å². The molecule has 0 atom stereocenters. The number of rotatable bonds is 4. The molecule has 2 aromatic rings. The van der Waals surface area contributed by atoms with E-state index in [-0.39, 0.29) is 10.5 Å². The number of carbonyl (C=O) groups is 1. The second-order valence-corrected chi connectivity index (χ2v) is 7.02. The molecule has 0 unspecified atom stereocenters. The van der Waals surface area contributed by atoms with Crippen LogP contribution in [0.5, 0.6) is 0 Å². The minimum absolute atomic E-state index is 0.0000926. The van der Waals surface area contributed by atoms with Crippen molar-refractivity contribution < 1.29 is 13.2 Å². The highest BCUT2D eigenvalue weighted by molar-refractivity contribution is 7.90. The number of carbonyl (C=O) groups excluding carboxylic acids is 1. The Bertz CT molecular complexity index is 812. The monoisotopic (exact) mass is 327 g/mol. The van der Waals surface area contributed by atoms with Gasteiger partial charge in [-0.2, -0.15) is 0 Å². The molecule has 0 bridgehead atoms. The van der Waals surface area contributed by atoms with Crippen molar-refractivity contribution in [1.29, 1.82) is 0 Å². The molecule has 0 saturated carbocycles. The van der Waals surface area contributed by atoms with Crippen LogP contribution in [0.1, 0.15) is 15.9 Å². The van der Waals surface area contributed by atoms with Crippen LogP contribution in [0.25, 0.3) is 0 Å². The molecule has 0 amide bonds. The van der Waals surface area contributed by atoms with Gasteiger partial charge in [0.2, 0.25) is 5.95 Å². The third kappa shape index (κ3) is 3.25. The number of aromatic nitrogens is 2. The van der Waals surface area contributed by atoms with Gasteiger partial charge in [0.15, 0.2) is 9.84 Å². The molecule has 0 aliphatic heterocycles. The number of benzene rings is 1. The lowest BCUT2D eigenvalue weighted by Gasteiger charge is -2.13. The largest absolute Gasteiger partial charge is 0.324 e. The Kier molecular flexibility index (Phi) is 4.06. The number of nitrogens with one attached hydrogen (secondary N) is 1. The Balaban J connectivity index is 2.62. The first-order valence-electron chi connectivity index (χ1n) is 5.99. The number of halogens is 1. The van der Waals surface area contributed by atoms with Crippen molar-refractivity contribution in [3.63, 3.8) is 0 Å². The Hall–Kier alpha value is -1.86. The number of imidazole rings is 1. The summed E-state index contributed by atoms with van der Waals surface area (Å²) in [6.07, 6.45) is 4.39.